The molecule has 31 heavy (non-hydrogen) atoms. The van der Waals surface area contributed by atoms with E-state index in [1.54, 1.807) is 0 Å². The van der Waals surface area contributed by atoms with E-state index in [4.69, 9.17) is 9.47 Å². The van der Waals surface area contributed by atoms with Crippen molar-refractivity contribution in [1.82, 2.24) is 5.32 Å². The van der Waals surface area contributed by atoms with E-state index in [1.165, 1.54) is 0 Å². The second-order valence-corrected chi connectivity index (χ2v) is 8.15. The van der Waals surface area contributed by atoms with E-state index < -0.39 is 30.3 Å². The molecule has 1 aliphatic carbocycles. The Labute approximate surface area is 184 Å². The third-order valence-corrected chi connectivity index (χ3v) is 5.77. The third kappa shape index (κ3) is 6.97. The van der Waals surface area contributed by atoms with Gasteiger partial charge in [-0.15, -0.1) is 0 Å². The first kappa shape index (κ1) is 23.1. The lowest BCUT2D eigenvalue weighted by Crippen LogP contribution is -2.48. The molecule has 0 unspecified atom stereocenters. The van der Waals surface area contributed by atoms with Crippen LogP contribution in [0.2, 0.25) is 0 Å². The number of aliphatic hydroxyl groups is 2. The minimum absolute atomic E-state index is 0.166. The summed E-state index contributed by atoms with van der Waals surface area (Å²) >= 11 is 0. The molecule has 0 heterocycles. The molecule has 168 valence electrons. The Morgan fingerprint density at radius 3 is 2.35 bits per heavy atom. The van der Waals surface area contributed by atoms with Crippen molar-refractivity contribution < 1.29 is 24.5 Å². The summed E-state index contributed by atoms with van der Waals surface area (Å²) in [5.41, 5.74) is 1.89. The number of benzene rings is 2. The van der Waals surface area contributed by atoms with Crippen LogP contribution in [0, 0.1) is 5.92 Å². The zero-order valence-corrected chi connectivity index (χ0v) is 18.1. The van der Waals surface area contributed by atoms with E-state index in [0.29, 0.717) is 25.9 Å². The zero-order chi connectivity index (χ0) is 22.1. The number of hydrogen-bond acceptors (Lipinski definition) is 5. The third-order valence-electron chi connectivity index (χ3n) is 5.77. The van der Waals surface area contributed by atoms with Crippen LogP contribution in [0.4, 0.5) is 4.79 Å². The molecule has 1 saturated carbocycles. The van der Waals surface area contributed by atoms with Gasteiger partial charge in [0.15, 0.2) is 0 Å². The second-order valence-electron chi connectivity index (χ2n) is 8.15. The van der Waals surface area contributed by atoms with Gasteiger partial charge in [-0.1, -0.05) is 55.8 Å². The van der Waals surface area contributed by atoms with Crippen LogP contribution in [0.5, 0.6) is 5.75 Å². The van der Waals surface area contributed by atoms with Crippen molar-refractivity contribution in [3.8, 4) is 5.75 Å². The average Bonchev–Trinajstić information content (AvgIpc) is 3.12. The van der Waals surface area contributed by atoms with Crippen LogP contribution in [-0.4, -0.2) is 41.2 Å². The van der Waals surface area contributed by atoms with Crippen LogP contribution in [0.25, 0.3) is 0 Å². The summed E-state index contributed by atoms with van der Waals surface area (Å²) in [6, 6.07) is 16.8. The van der Waals surface area contributed by atoms with Gasteiger partial charge in [0.1, 0.15) is 12.4 Å². The molecule has 2 aromatic carbocycles. The number of carbonyl (C=O) groups excluding carboxylic acids is 1. The maximum atomic E-state index is 12.5. The summed E-state index contributed by atoms with van der Waals surface area (Å²) < 4.78 is 11.1. The minimum Gasteiger partial charge on any atom is -0.494 e. The van der Waals surface area contributed by atoms with Gasteiger partial charge in [0.25, 0.3) is 0 Å². The Bertz CT molecular complexity index is 785. The maximum Gasteiger partial charge on any atom is 0.407 e. The molecule has 0 radical (unpaired) electrons. The topological polar surface area (TPSA) is 88.0 Å². The van der Waals surface area contributed by atoms with Crippen LogP contribution < -0.4 is 10.1 Å². The number of aliphatic hydroxyl groups excluding tert-OH is 2. The van der Waals surface area contributed by atoms with E-state index in [-0.39, 0.29) is 6.61 Å². The van der Waals surface area contributed by atoms with Gasteiger partial charge in [0, 0.05) is 12.0 Å². The molecule has 1 fully saturated rings. The van der Waals surface area contributed by atoms with Crippen molar-refractivity contribution in [2.75, 3.05) is 6.61 Å². The fourth-order valence-electron chi connectivity index (χ4n) is 4.03. The highest BCUT2D eigenvalue weighted by Gasteiger charge is 2.40. The fourth-order valence-corrected chi connectivity index (χ4v) is 4.03. The summed E-state index contributed by atoms with van der Waals surface area (Å²) in [6.07, 6.45) is 1.74. The standard InChI is InChI=1S/C25H33NO5/c1-2-3-15-30-20-11-9-18(10-12-20)16-21(24-22(27)13-14-23(24)28)26-25(29)31-17-19-7-5-4-6-8-19/h4-12,21-24,27-28H,2-3,13-17H2,1H3,(H,26,29)/t21-,22-,23-/m0/s1. The highest BCUT2D eigenvalue weighted by Crippen LogP contribution is 2.31. The van der Waals surface area contributed by atoms with Crippen molar-refractivity contribution in [1.29, 1.82) is 0 Å². The Kier molecular flexibility index (Phi) is 8.74. The van der Waals surface area contributed by atoms with Crippen LogP contribution in [0.1, 0.15) is 43.7 Å². The number of unbranched alkanes of at least 4 members (excludes halogenated alkanes) is 1. The summed E-state index contributed by atoms with van der Waals surface area (Å²) in [4.78, 5) is 12.5. The molecule has 1 aliphatic rings. The predicted octanol–water partition coefficient (Wildman–Crippen LogP) is 3.83. The normalized spacial score (nSPS) is 19.7. The maximum absolute atomic E-state index is 12.5. The number of hydrogen-bond donors (Lipinski definition) is 3. The van der Waals surface area contributed by atoms with Crippen LogP contribution in [0.3, 0.4) is 0 Å². The smallest absolute Gasteiger partial charge is 0.407 e. The van der Waals surface area contributed by atoms with E-state index in [2.05, 4.69) is 12.2 Å². The molecule has 0 bridgehead atoms. The number of alkyl carbamates (subject to hydrolysis) is 1. The molecule has 1 amide bonds. The van der Waals surface area contributed by atoms with Crippen molar-refractivity contribution in [3.05, 3.63) is 65.7 Å². The lowest BCUT2D eigenvalue weighted by molar-refractivity contribution is 0.0395. The van der Waals surface area contributed by atoms with E-state index in [9.17, 15) is 15.0 Å². The van der Waals surface area contributed by atoms with Crippen molar-refractivity contribution in [3.63, 3.8) is 0 Å². The van der Waals surface area contributed by atoms with E-state index in [1.807, 2.05) is 54.6 Å². The van der Waals surface area contributed by atoms with E-state index >= 15 is 0 Å². The lowest BCUT2D eigenvalue weighted by Gasteiger charge is -2.29. The van der Waals surface area contributed by atoms with Gasteiger partial charge >= 0.3 is 6.09 Å². The number of ether oxygens (including phenoxy) is 2. The Balaban J connectivity index is 1.63. The van der Waals surface area contributed by atoms with Crippen molar-refractivity contribution in [2.45, 2.75) is 63.9 Å². The number of amides is 1. The molecule has 3 rings (SSSR count). The number of nitrogens with one attached hydrogen (secondary N) is 1. The van der Waals surface area contributed by atoms with Crippen LogP contribution in [0.15, 0.2) is 54.6 Å². The summed E-state index contributed by atoms with van der Waals surface area (Å²) in [7, 11) is 0. The minimum atomic E-state index is -0.661. The van der Waals surface area contributed by atoms with Crippen LogP contribution in [-0.2, 0) is 17.8 Å². The Morgan fingerprint density at radius 1 is 1.03 bits per heavy atom. The molecule has 0 saturated heterocycles. The highest BCUT2D eigenvalue weighted by atomic mass is 16.5. The lowest BCUT2D eigenvalue weighted by atomic mass is 9.89. The average molecular weight is 428 g/mol. The molecule has 3 atom stereocenters. The first-order chi connectivity index (χ1) is 15.1. The summed E-state index contributed by atoms with van der Waals surface area (Å²) in [5, 5.41) is 23.7. The molecular weight excluding hydrogens is 394 g/mol. The van der Waals surface area contributed by atoms with Gasteiger partial charge in [-0.2, -0.15) is 0 Å². The van der Waals surface area contributed by atoms with E-state index in [0.717, 1.165) is 29.7 Å². The van der Waals surface area contributed by atoms with Gasteiger partial charge in [-0.05, 0) is 48.9 Å². The largest absolute Gasteiger partial charge is 0.494 e. The summed E-state index contributed by atoms with van der Waals surface area (Å²) in [6.45, 7) is 2.98. The van der Waals surface area contributed by atoms with Gasteiger partial charge in [-0.3, -0.25) is 0 Å². The molecule has 0 aromatic heterocycles. The molecule has 2 aromatic rings. The molecule has 6 nitrogen and oxygen atoms in total. The van der Waals surface area contributed by atoms with Crippen LogP contribution >= 0.6 is 0 Å². The number of carbonyl (C=O) groups is 1. The van der Waals surface area contributed by atoms with Gasteiger partial charge in [0.05, 0.1) is 18.8 Å². The van der Waals surface area contributed by atoms with Gasteiger partial charge in [0.2, 0.25) is 0 Å². The fraction of sp³-hybridized carbons (Fsp3) is 0.480. The first-order valence-electron chi connectivity index (χ1n) is 11.1. The predicted molar refractivity (Wildman–Crippen MR) is 119 cm³/mol. The molecule has 6 heteroatoms. The quantitative estimate of drug-likeness (QED) is 0.502. The highest BCUT2D eigenvalue weighted by molar-refractivity contribution is 5.67. The van der Waals surface area contributed by atoms with Gasteiger partial charge in [-0.25, -0.2) is 4.79 Å². The van der Waals surface area contributed by atoms with Gasteiger partial charge < -0.3 is 25.0 Å². The zero-order valence-electron chi connectivity index (χ0n) is 18.1. The molecular formula is C25H33NO5. The van der Waals surface area contributed by atoms with Crippen molar-refractivity contribution >= 4 is 6.09 Å². The van der Waals surface area contributed by atoms with Crippen molar-refractivity contribution in [2.24, 2.45) is 5.92 Å². The molecule has 3 N–H and O–H groups in total. The number of rotatable bonds is 10. The molecule has 0 aliphatic heterocycles. The molecule has 0 spiro atoms. The first-order valence-corrected chi connectivity index (χ1v) is 11.1. The summed E-state index contributed by atoms with van der Waals surface area (Å²) in [5.74, 6) is 0.370. The second kappa shape index (κ2) is 11.7. The Morgan fingerprint density at radius 2 is 1.71 bits per heavy atom. The monoisotopic (exact) mass is 427 g/mol. The SMILES string of the molecule is CCCCOc1ccc(C[C@H](NC(=O)OCc2ccccc2)C2[C@@H](O)CC[C@@H]2O)cc1. The Hall–Kier alpha value is -2.57.